The first-order valence-electron chi connectivity index (χ1n) is 7.48. The Morgan fingerprint density at radius 2 is 2.16 bits per heavy atom. The largest absolute Gasteiger partial charge is 0.479 e. The Morgan fingerprint density at radius 1 is 1.36 bits per heavy atom. The molecule has 3 aromatic rings. The topological polar surface area (TPSA) is 85.3 Å². The molecule has 2 aromatic heterocycles. The Morgan fingerprint density at radius 3 is 2.84 bits per heavy atom. The summed E-state index contributed by atoms with van der Waals surface area (Å²) in [6.45, 7) is 1.61. The second-order valence-corrected chi connectivity index (χ2v) is 6.11. The van der Waals surface area contributed by atoms with E-state index in [9.17, 15) is 4.79 Å². The molecular formula is C18H14N2O4S. The maximum Gasteiger partial charge on any atom is 0.347 e. The normalized spacial score (nSPS) is 11.5. The number of ether oxygens (including phenoxy) is 2. The molecule has 0 radical (unpaired) electrons. The third-order valence-corrected chi connectivity index (χ3v) is 4.20. The molecule has 0 spiro atoms. The van der Waals surface area contributed by atoms with Gasteiger partial charge in [0.25, 0.3) is 0 Å². The molecule has 0 saturated heterocycles. The third-order valence-electron chi connectivity index (χ3n) is 3.31. The van der Waals surface area contributed by atoms with Gasteiger partial charge in [0.2, 0.25) is 0 Å². The Bertz CT molecular complexity index is 879. The zero-order valence-electron chi connectivity index (χ0n) is 13.3. The van der Waals surface area contributed by atoms with Crippen LogP contribution in [0.5, 0.6) is 5.75 Å². The number of nitriles is 1. The van der Waals surface area contributed by atoms with Crippen molar-refractivity contribution in [2.75, 3.05) is 0 Å². The van der Waals surface area contributed by atoms with E-state index in [1.54, 1.807) is 48.6 Å². The SMILES string of the molecule is C[C@H](Oc1ccc(C#N)cc1)C(=O)OCc1cc(-c2cccs2)on1. The van der Waals surface area contributed by atoms with E-state index in [-0.39, 0.29) is 6.61 Å². The van der Waals surface area contributed by atoms with E-state index < -0.39 is 12.1 Å². The number of benzene rings is 1. The molecule has 7 heteroatoms. The van der Waals surface area contributed by atoms with Gasteiger partial charge in [0.15, 0.2) is 11.9 Å². The molecule has 0 bridgehead atoms. The Balaban J connectivity index is 1.52. The number of hydrogen-bond acceptors (Lipinski definition) is 7. The number of carbonyl (C=O) groups excluding carboxylic acids is 1. The monoisotopic (exact) mass is 354 g/mol. The Kier molecular flexibility index (Phi) is 5.11. The van der Waals surface area contributed by atoms with Gasteiger partial charge >= 0.3 is 5.97 Å². The molecule has 0 N–H and O–H groups in total. The van der Waals surface area contributed by atoms with Crippen LogP contribution in [-0.2, 0) is 16.1 Å². The fraction of sp³-hybridized carbons (Fsp3) is 0.167. The lowest BCUT2D eigenvalue weighted by Gasteiger charge is -2.13. The first-order chi connectivity index (χ1) is 12.2. The van der Waals surface area contributed by atoms with Crippen molar-refractivity contribution >= 4 is 17.3 Å². The van der Waals surface area contributed by atoms with Crippen LogP contribution in [0, 0.1) is 11.3 Å². The number of esters is 1. The van der Waals surface area contributed by atoms with Gasteiger partial charge in [-0.2, -0.15) is 5.26 Å². The standard InChI is InChI=1S/C18H14N2O4S/c1-12(23-15-6-4-13(10-19)5-7-15)18(21)22-11-14-9-16(24-20-14)17-3-2-8-25-17/h2-9,12H,11H2,1H3/t12-/m0/s1. The van der Waals surface area contributed by atoms with Crippen molar-refractivity contribution in [1.29, 1.82) is 5.26 Å². The summed E-state index contributed by atoms with van der Waals surface area (Å²) in [5.41, 5.74) is 1.05. The van der Waals surface area contributed by atoms with Crippen LogP contribution < -0.4 is 4.74 Å². The predicted octanol–water partition coefficient (Wildman–Crippen LogP) is 3.79. The third kappa shape index (κ3) is 4.25. The number of hydrogen-bond donors (Lipinski definition) is 0. The summed E-state index contributed by atoms with van der Waals surface area (Å²) in [6, 6.07) is 14.1. The van der Waals surface area contributed by atoms with Crippen molar-refractivity contribution in [2.45, 2.75) is 19.6 Å². The van der Waals surface area contributed by atoms with Crippen molar-refractivity contribution in [3.8, 4) is 22.5 Å². The van der Waals surface area contributed by atoms with Crippen molar-refractivity contribution in [1.82, 2.24) is 5.16 Å². The molecule has 2 heterocycles. The predicted molar refractivity (Wildman–Crippen MR) is 90.9 cm³/mol. The zero-order chi connectivity index (χ0) is 17.6. The van der Waals surface area contributed by atoms with Crippen LogP contribution in [0.4, 0.5) is 0 Å². The first-order valence-corrected chi connectivity index (χ1v) is 8.36. The van der Waals surface area contributed by atoms with Crippen molar-refractivity contribution in [3.63, 3.8) is 0 Å². The van der Waals surface area contributed by atoms with Crippen LogP contribution >= 0.6 is 11.3 Å². The second kappa shape index (κ2) is 7.64. The highest BCUT2D eigenvalue weighted by atomic mass is 32.1. The summed E-state index contributed by atoms with van der Waals surface area (Å²) in [5, 5.41) is 14.6. The van der Waals surface area contributed by atoms with Gasteiger partial charge in [0.05, 0.1) is 16.5 Å². The molecule has 0 fully saturated rings. The first kappa shape index (κ1) is 16.7. The van der Waals surface area contributed by atoms with Gasteiger partial charge in [-0.05, 0) is 42.6 Å². The molecule has 1 atom stereocenters. The number of aromatic nitrogens is 1. The highest BCUT2D eigenvalue weighted by Crippen LogP contribution is 2.25. The van der Waals surface area contributed by atoms with Crippen LogP contribution in [0.2, 0.25) is 0 Å². The van der Waals surface area contributed by atoms with Crippen molar-refractivity contribution in [3.05, 3.63) is 59.1 Å². The van der Waals surface area contributed by atoms with Gasteiger partial charge in [-0.1, -0.05) is 11.2 Å². The quantitative estimate of drug-likeness (QED) is 0.626. The van der Waals surface area contributed by atoms with Gasteiger partial charge in [0.1, 0.15) is 18.1 Å². The van der Waals surface area contributed by atoms with Crippen LogP contribution in [0.3, 0.4) is 0 Å². The summed E-state index contributed by atoms with van der Waals surface area (Å²) in [4.78, 5) is 13.0. The van der Waals surface area contributed by atoms with E-state index in [0.717, 1.165) is 4.88 Å². The lowest BCUT2D eigenvalue weighted by atomic mass is 10.2. The lowest BCUT2D eigenvalue weighted by Crippen LogP contribution is -2.26. The van der Waals surface area contributed by atoms with E-state index in [2.05, 4.69) is 5.16 Å². The second-order valence-electron chi connectivity index (χ2n) is 5.16. The summed E-state index contributed by atoms with van der Waals surface area (Å²) in [6.07, 6.45) is -0.781. The summed E-state index contributed by atoms with van der Waals surface area (Å²) in [5.74, 6) is 0.623. The van der Waals surface area contributed by atoms with Crippen LogP contribution in [-0.4, -0.2) is 17.2 Å². The highest BCUT2D eigenvalue weighted by Gasteiger charge is 2.17. The van der Waals surface area contributed by atoms with E-state index in [1.807, 2.05) is 23.6 Å². The minimum absolute atomic E-state index is 0.00871. The van der Waals surface area contributed by atoms with E-state index in [4.69, 9.17) is 19.3 Å². The van der Waals surface area contributed by atoms with Crippen LogP contribution in [0.1, 0.15) is 18.2 Å². The molecule has 0 aliphatic heterocycles. The van der Waals surface area contributed by atoms with E-state index >= 15 is 0 Å². The lowest BCUT2D eigenvalue weighted by molar-refractivity contribution is -0.152. The molecule has 0 unspecified atom stereocenters. The molecule has 3 rings (SSSR count). The fourth-order valence-corrected chi connectivity index (χ4v) is 2.71. The molecule has 126 valence electrons. The average molecular weight is 354 g/mol. The van der Waals surface area contributed by atoms with Crippen molar-refractivity contribution in [2.24, 2.45) is 0 Å². The minimum atomic E-state index is -0.781. The number of nitrogens with zero attached hydrogens (tertiary/aromatic N) is 2. The molecule has 0 saturated carbocycles. The molecule has 0 aliphatic carbocycles. The van der Waals surface area contributed by atoms with Gasteiger partial charge in [-0.15, -0.1) is 11.3 Å². The average Bonchev–Trinajstić information content (AvgIpc) is 3.31. The maximum absolute atomic E-state index is 12.0. The Labute approximate surface area is 148 Å². The minimum Gasteiger partial charge on any atom is -0.479 e. The smallest absolute Gasteiger partial charge is 0.347 e. The molecule has 25 heavy (non-hydrogen) atoms. The van der Waals surface area contributed by atoms with E-state index in [0.29, 0.717) is 22.8 Å². The number of thiophene rings is 1. The van der Waals surface area contributed by atoms with Gasteiger partial charge in [-0.3, -0.25) is 0 Å². The van der Waals surface area contributed by atoms with Gasteiger partial charge < -0.3 is 14.0 Å². The van der Waals surface area contributed by atoms with Gasteiger partial charge in [-0.25, -0.2) is 4.79 Å². The van der Waals surface area contributed by atoms with E-state index in [1.165, 1.54) is 0 Å². The van der Waals surface area contributed by atoms with Crippen LogP contribution in [0.15, 0.2) is 52.4 Å². The summed E-state index contributed by atoms with van der Waals surface area (Å²) < 4.78 is 15.9. The van der Waals surface area contributed by atoms with Crippen molar-refractivity contribution < 1.29 is 18.8 Å². The molecule has 0 aliphatic rings. The van der Waals surface area contributed by atoms with Crippen LogP contribution in [0.25, 0.3) is 10.6 Å². The fourth-order valence-electron chi connectivity index (χ4n) is 2.04. The maximum atomic E-state index is 12.0. The number of carbonyl (C=O) groups is 1. The molecular weight excluding hydrogens is 340 g/mol. The highest BCUT2D eigenvalue weighted by molar-refractivity contribution is 7.13. The van der Waals surface area contributed by atoms with Gasteiger partial charge in [0, 0.05) is 6.07 Å². The molecule has 6 nitrogen and oxygen atoms in total. The molecule has 0 amide bonds. The molecule has 1 aromatic carbocycles. The zero-order valence-corrected chi connectivity index (χ0v) is 14.2. The number of rotatable bonds is 6. The summed E-state index contributed by atoms with van der Waals surface area (Å²) >= 11 is 1.54. The summed E-state index contributed by atoms with van der Waals surface area (Å²) in [7, 11) is 0. The Hall–Kier alpha value is -3.11.